The average Bonchev–Trinajstić information content (AvgIpc) is 2.81. The Hall–Kier alpha value is -2.30. The predicted octanol–water partition coefficient (Wildman–Crippen LogP) is 1.96. The zero-order valence-corrected chi connectivity index (χ0v) is 10.4. The van der Waals surface area contributed by atoms with Crippen LogP contribution in [0.5, 0.6) is 5.75 Å². The summed E-state index contributed by atoms with van der Waals surface area (Å²) in [6.45, 7) is 0. The fourth-order valence-electron chi connectivity index (χ4n) is 2.42. The minimum absolute atomic E-state index is 0.216. The first-order valence-corrected chi connectivity index (χ1v) is 6.08. The smallest absolute Gasteiger partial charge is 0.234 e. The molecule has 1 aliphatic rings. The van der Waals surface area contributed by atoms with E-state index in [2.05, 4.69) is 5.32 Å². The van der Waals surface area contributed by atoms with Gasteiger partial charge in [-0.15, -0.1) is 0 Å². The SMILES string of the molecule is COc1ccc2occ([C@@H]3CCC(=O)NC3=O)c2c1. The van der Waals surface area contributed by atoms with E-state index >= 15 is 0 Å². The number of benzene rings is 1. The molecule has 0 spiro atoms. The lowest BCUT2D eigenvalue weighted by molar-refractivity contribution is -0.134. The molecule has 0 aliphatic carbocycles. The van der Waals surface area contributed by atoms with Crippen molar-refractivity contribution < 1.29 is 18.7 Å². The molecular weight excluding hydrogens is 246 g/mol. The number of imide groups is 1. The van der Waals surface area contributed by atoms with Gasteiger partial charge in [-0.05, 0) is 24.6 Å². The number of piperidine rings is 1. The molecule has 2 heterocycles. The standard InChI is InChI=1S/C14H13NO4/c1-18-8-2-4-12-10(6-8)11(7-19-12)9-3-5-13(16)15-14(9)17/h2,4,6-7,9H,3,5H2,1H3,(H,15,16,17)/t9-/m0/s1. The van der Waals surface area contributed by atoms with Gasteiger partial charge in [0.2, 0.25) is 11.8 Å². The second-order valence-corrected chi connectivity index (χ2v) is 4.56. The third-order valence-electron chi connectivity index (χ3n) is 3.43. The van der Waals surface area contributed by atoms with Gasteiger partial charge in [-0.2, -0.15) is 0 Å². The van der Waals surface area contributed by atoms with Crippen molar-refractivity contribution in [3.05, 3.63) is 30.0 Å². The van der Waals surface area contributed by atoms with Gasteiger partial charge >= 0.3 is 0 Å². The third kappa shape index (κ3) is 1.97. The van der Waals surface area contributed by atoms with E-state index in [4.69, 9.17) is 9.15 Å². The van der Waals surface area contributed by atoms with Crippen molar-refractivity contribution in [3.8, 4) is 5.75 Å². The molecule has 3 rings (SSSR count). The Morgan fingerprint density at radius 3 is 2.95 bits per heavy atom. The van der Waals surface area contributed by atoms with Crippen molar-refractivity contribution in [3.63, 3.8) is 0 Å². The lowest BCUT2D eigenvalue weighted by Gasteiger charge is -2.19. The number of carbonyl (C=O) groups excluding carboxylic acids is 2. The van der Waals surface area contributed by atoms with Crippen molar-refractivity contribution in [2.24, 2.45) is 0 Å². The van der Waals surface area contributed by atoms with Gasteiger partial charge < -0.3 is 9.15 Å². The van der Waals surface area contributed by atoms with Crippen LogP contribution in [-0.4, -0.2) is 18.9 Å². The van der Waals surface area contributed by atoms with Crippen LogP contribution in [0.25, 0.3) is 11.0 Å². The minimum Gasteiger partial charge on any atom is -0.497 e. The molecule has 19 heavy (non-hydrogen) atoms. The third-order valence-corrected chi connectivity index (χ3v) is 3.43. The van der Waals surface area contributed by atoms with Gasteiger partial charge in [0, 0.05) is 17.4 Å². The number of hydrogen-bond donors (Lipinski definition) is 1. The molecular formula is C14H13NO4. The maximum atomic E-state index is 11.9. The van der Waals surface area contributed by atoms with Crippen molar-refractivity contribution in [1.29, 1.82) is 0 Å². The quantitative estimate of drug-likeness (QED) is 0.837. The molecule has 5 nitrogen and oxygen atoms in total. The molecule has 2 aromatic rings. The highest BCUT2D eigenvalue weighted by molar-refractivity contribution is 6.02. The molecule has 0 saturated carbocycles. The molecule has 1 N–H and O–H groups in total. The van der Waals surface area contributed by atoms with Gasteiger partial charge in [-0.25, -0.2) is 0 Å². The molecule has 1 fully saturated rings. The van der Waals surface area contributed by atoms with E-state index in [-0.39, 0.29) is 17.7 Å². The molecule has 5 heteroatoms. The number of rotatable bonds is 2. The molecule has 1 aromatic carbocycles. The lowest BCUT2D eigenvalue weighted by Crippen LogP contribution is -2.39. The van der Waals surface area contributed by atoms with Crippen LogP contribution >= 0.6 is 0 Å². The number of ether oxygens (including phenoxy) is 1. The second-order valence-electron chi connectivity index (χ2n) is 4.56. The summed E-state index contributed by atoms with van der Waals surface area (Å²) in [5.74, 6) is -0.109. The van der Waals surface area contributed by atoms with Crippen LogP contribution in [0.2, 0.25) is 0 Å². The van der Waals surface area contributed by atoms with E-state index in [1.165, 1.54) is 0 Å². The molecule has 0 unspecified atom stereocenters. The van der Waals surface area contributed by atoms with Crippen molar-refractivity contribution in [1.82, 2.24) is 5.32 Å². The lowest BCUT2D eigenvalue weighted by atomic mass is 9.90. The summed E-state index contributed by atoms with van der Waals surface area (Å²) in [5.41, 5.74) is 1.51. The van der Waals surface area contributed by atoms with Gasteiger partial charge in [0.15, 0.2) is 0 Å². The summed E-state index contributed by atoms with van der Waals surface area (Å²) in [5, 5.41) is 3.22. The Kier molecular flexibility index (Phi) is 2.74. The summed E-state index contributed by atoms with van der Waals surface area (Å²) < 4.78 is 10.6. The fourth-order valence-corrected chi connectivity index (χ4v) is 2.42. The van der Waals surface area contributed by atoms with E-state index in [9.17, 15) is 9.59 Å². The Labute approximate surface area is 109 Å². The van der Waals surface area contributed by atoms with E-state index in [0.29, 0.717) is 24.2 Å². The van der Waals surface area contributed by atoms with Crippen LogP contribution in [0.15, 0.2) is 28.9 Å². The molecule has 98 valence electrons. The number of methoxy groups -OCH3 is 1. The molecule has 2 amide bonds. The number of nitrogens with one attached hydrogen (secondary N) is 1. The van der Waals surface area contributed by atoms with Gasteiger partial charge in [0.05, 0.1) is 19.3 Å². The average molecular weight is 259 g/mol. The minimum atomic E-state index is -0.342. The molecule has 0 radical (unpaired) electrons. The first kappa shape index (κ1) is 11.8. The van der Waals surface area contributed by atoms with Gasteiger partial charge in [0.25, 0.3) is 0 Å². The van der Waals surface area contributed by atoms with Crippen LogP contribution in [-0.2, 0) is 9.59 Å². The summed E-state index contributed by atoms with van der Waals surface area (Å²) in [4.78, 5) is 23.1. The monoisotopic (exact) mass is 259 g/mol. The van der Waals surface area contributed by atoms with E-state index < -0.39 is 0 Å². The largest absolute Gasteiger partial charge is 0.497 e. The molecule has 1 saturated heterocycles. The van der Waals surface area contributed by atoms with Crippen molar-refractivity contribution in [2.75, 3.05) is 7.11 Å². The molecule has 1 aliphatic heterocycles. The first-order chi connectivity index (χ1) is 9.19. The maximum Gasteiger partial charge on any atom is 0.234 e. The Bertz CT molecular complexity index is 659. The number of carbonyl (C=O) groups is 2. The maximum absolute atomic E-state index is 11.9. The van der Waals surface area contributed by atoms with Crippen LogP contribution < -0.4 is 10.1 Å². The first-order valence-electron chi connectivity index (χ1n) is 6.08. The normalized spacial score (nSPS) is 19.5. The summed E-state index contributed by atoms with van der Waals surface area (Å²) in [7, 11) is 1.59. The summed E-state index contributed by atoms with van der Waals surface area (Å²) in [6, 6.07) is 5.46. The Morgan fingerprint density at radius 2 is 2.21 bits per heavy atom. The highest BCUT2D eigenvalue weighted by Gasteiger charge is 2.30. The fraction of sp³-hybridized carbons (Fsp3) is 0.286. The van der Waals surface area contributed by atoms with Crippen LogP contribution in [0.1, 0.15) is 24.3 Å². The highest BCUT2D eigenvalue weighted by atomic mass is 16.5. The van der Waals surface area contributed by atoms with Crippen LogP contribution in [0.4, 0.5) is 0 Å². The molecule has 1 atom stereocenters. The van der Waals surface area contributed by atoms with Crippen LogP contribution in [0, 0.1) is 0 Å². The summed E-state index contributed by atoms with van der Waals surface area (Å²) >= 11 is 0. The zero-order valence-electron chi connectivity index (χ0n) is 10.4. The summed E-state index contributed by atoms with van der Waals surface area (Å²) in [6.07, 6.45) is 2.45. The van der Waals surface area contributed by atoms with E-state index in [1.807, 2.05) is 12.1 Å². The Morgan fingerprint density at radius 1 is 1.37 bits per heavy atom. The predicted molar refractivity (Wildman–Crippen MR) is 67.9 cm³/mol. The topological polar surface area (TPSA) is 68.5 Å². The van der Waals surface area contributed by atoms with Gasteiger partial charge in [-0.3, -0.25) is 14.9 Å². The van der Waals surface area contributed by atoms with Crippen LogP contribution in [0.3, 0.4) is 0 Å². The second kappa shape index (κ2) is 4.42. The molecule has 1 aromatic heterocycles. The van der Waals surface area contributed by atoms with E-state index in [0.717, 1.165) is 10.9 Å². The number of fused-ring (bicyclic) bond motifs is 1. The van der Waals surface area contributed by atoms with Crippen molar-refractivity contribution in [2.45, 2.75) is 18.8 Å². The number of hydrogen-bond acceptors (Lipinski definition) is 4. The number of amides is 2. The number of furan rings is 1. The van der Waals surface area contributed by atoms with E-state index in [1.54, 1.807) is 19.4 Å². The Balaban J connectivity index is 2.04. The highest BCUT2D eigenvalue weighted by Crippen LogP contribution is 2.34. The van der Waals surface area contributed by atoms with Gasteiger partial charge in [0.1, 0.15) is 11.3 Å². The molecule has 0 bridgehead atoms. The van der Waals surface area contributed by atoms with Gasteiger partial charge in [-0.1, -0.05) is 0 Å². The zero-order chi connectivity index (χ0) is 13.4. The van der Waals surface area contributed by atoms with Crippen molar-refractivity contribution >= 4 is 22.8 Å².